The molecule has 1 aromatic heterocycles. The number of halogens is 1. The van der Waals surface area contributed by atoms with E-state index in [-0.39, 0.29) is 17.2 Å². The third-order valence-electron chi connectivity index (χ3n) is 3.93. The van der Waals surface area contributed by atoms with Gasteiger partial charge in [-0.25, -0.2) is 4.98 Å². The highest BCUT2D eigenvalue weighted by Gasteiger charge is 2.13. The molecular weight excluding hydrogens is 473 g/mol. The van der Waals surface area contributed by atoms with Crippen molar-refractivity contribution >= 4 is 56.9 Å². The molecule has 5 nitrogen and oxygen atoms in total. The lowest BCUT2D eigenvalue weighted by Crippen LogP contribution is -2.23. The number of nitrogens with zero attached hydrogens (tertiary/aromatic N) is 2. The number of fused-ring (bicyclic) bond motifs is 1. The first-order valence-corrected chi connectivity index (χ1v) is 10.4. The molecule has 1 N–H and O–H groups in total. The van der Waals surface area contributed by atoms with E-state index in [1.54, 1.807) is 22.8 Å². The van der Waals surface area contributed by atoms with Gasteiger partial charge in [0.25, 0.3) is 5.56 Å². The van der Waals surface area contributed by atoms with Crippen LogP contribution in [0.1, 0.15) is 5.56 Å². The smallest absolute Gasteiger partial charge is 0.262 e. The van der Waals surface area contributed by atoms with Gasteiger partial charge in [0.1, 0.15) is 0 Å². The summed E-state index contributed by atoms with van der Waals surface area (Å²) in [5, 5.41) is 3.98. The van der Waals surface area contributed by atoms with Gasteiger partial charge in [0.15, 0.2) is 5.16 Å². The fraction of sp³-hybridized carbons (Fsp3) is 0.150. The zero-order valence-corrected chi connectivity index (χ0v) is 17.7. The molecule has 0 aliphatic carbocycles. The van der Waals surface area contributed by atoms with Gasteiger partial charge in [-0.05, 0) is 65.4 Å². The monoisotopic (exact) mass is 491 g/mol. The Bertz CT molecular complexity index is 1080. The van der Waals surface area contributed by atoms with E-state index in [0.29, 0.717) is 22.6 Å². The highest BCUT2D eigenvalue weighted by atomic mass is 127. The molecule has 3 aromatic rings. The Balaban J connectivity index is 1.81. The first-order valence-electron chi connectivity index (χ1n) is 8.29. The van der Waals surface area contributed by atoms with Crippen molar-refractivity contribution in [2.45, 2.75) is 18.6 Å². The summed E-state index contributed by atoms with van der Waals surface area (Å²) in [7, 11) is 0. The summed E-state index contributed by atoms with van der Waals surface area (Å²) in [6, 6.07) is 13.1. The van der Waals surface area contributed by atoms with Gasteiger partial charge in [-0.3, -0.25) is 14.2 Å². The molecule has 0 aliphatic heterocycles. The number of hydrogen-bond acceptors (Lipinski definition) is 4. The summed E-state index contributed by atoms with van der Waals surface area (Å²) >= 11 is 3.48. The number of para-hydroxylation sites is 1. The quantitative estimate of drug-likeness (QED) is 0.243. The Morgan fingerprint density at radius 3 is 2.85 bits per heavy atom. The van der Waals surface area contributed by atoms with Crippen molar-refractivity contribution < 1.29 is 4.79 Å². The number of aromatic nitrogens is 2. The van der Waals surface area contributed by atoms with Gasteiger partial charge < -0.3 is 5.32 Å². The summed E-state index contributed by atoms with van der Waals surface area (Å²) in [6.07, 6.45) is 1.65. The number of nitrogens with one attached hydrogen (secondary N) is 1. The number of allylic oxidation sites excluding steroid dienone is 1. The number of aryl methyl sites for hydroxylation is 1. The highest BCUT2D eigenvalue weighted by Crippen LogP contribution is 2.20. The Kier molecular flexibility index (Phi) is 6.33. The van der Waals surface area contributed by atoms with Crippen LogP contribution < -0.4 is 10.9 Å². The van der Waals surface area contributed by atoms with E-state index < -0.39 is 0 Å². The van der Waals surface area contributed by atoms with Crippen molar-refractivity contribution in [3.63, 3.8) is 0 Å². The first kappa shape index (κ1) is 19.6. The molecule has 27 heavy (non-hydrogen) atoms. The third kappa shape index (κ3) is 4.59. The van der Waals surface area contributed by atoms with Crippen LogP contribution in [0.2, 0.25) is 0 Å². The zero-order chi connectivity index (χ0) is 19.4. The SMILES string of the molecule is C=CCn1c(SCC(=O)Nc2ccc(I)cc2C)nc2ccccc2c1=O. The Labute approximate surface area is 175 Å². The number of carbonyl (C=O) groups excluding carboxylic acids is 1. The first-order chi connectivity index (χ1) is 13.0. The van der Waals surface area contributed by atoms with Crippen molar-refractivity contribution in [1.29, 1.82) is 0 Å². The number of rotatable bonds is 6. The number of thioether (sulfide) groups is 1. The number of carbonyl (C=O) groups is 1. The largest absolute Gasteiger partial charge is 0.325 e. The molecular formula is C20H18IN3O2S. The number of anilines is 1. The molecule has 0 radical (unpaired) electrons. The topological polar surface area (TPSA) is 64.0 Å². The lowest BCUT2D eigenvalue weighted by molar-refractivity contribution is -0.113. The summed E-state index contributed by atoms with van der Waals surface area (Å²) in [4.78, 5) is 29.6. The summed E-state index contributed by atoms with van der Waals surface area (Å²) in [5.74, 6) is 0.0183. The predicted octanol–water partition coefficient (Wildman–Crippen LogP) is 4.23. The maximum absolute atomic E-state index is 12.7. The van der Waals surface area contributed by atoms with Crippen LogP contribution in [0.5, 0.6) is 0 Å². The average molecular weight is 491 g/mol. The second-order valence-electron chi connectivity index (χ2n) is 5.91. The minimum absolute atomic E-state index is 0.128. The summed E-state index contributed by atoms with van der Waals surface area (Å²) in [5.41, 5.74) is 2.29. The lowest BCUT2D eigenvalue weighted by atomic mass is 10.2. The van der Waals surface area contributed by atoms with Crippen LogP contribution in [-0.4, -0.2) is 21.2 Å². The molecule has 0 bridgehead atoms. The van der Waals surface area contributed by atoms with E-state index in [1.165, 1.54) is 11.8 Å². The van der Waals surface area contributed by atoms with E-state index in [0.717, 1.165) is 14.8 Å². The Hall–Kier alpha value is -2.13. The van der Waals surface area contributed by atoms with Gasteiger partial charge in [-0.1, -0.05) is 30.0 Å². The molecule has 2 aromatic carbocycles. The van der Waals surface area contributed by atoms with Crippen LogP contribution in [0.3, 0.4) is 0 Å². The Morgan fingerprint density at radius 2 is 2.11 bits per heavy atom. The van der Waals surface area contributed by atoms with Crippen molar-refractivity contribution in [3.05, 3.63) is 74.6 Å². The molecule has 0 unspecified atom stereocenters. The minimum Gasteiger partial charge on any atom is -0.325 e. The maximum atomic E-state index is 12.7. The molecule has 3 rings (SSSR count). The standard InChI is InChI=1S/C20H18IN3O2S/c1-3-10-24-19(26)15-6-4-5-7-17(15)23-20(24)27-12-18(25)22-16-9-8-14(21)11-13(16)2/h3-9,11H,1,10,12H2,2H3,(H,22,25). The fourth-order valence-electron chi connectivity index (χ4n) is 2.63. The van der Waals surface area contributed by atoms with Crippen molar-refractivity contribution in [3.8, 4) is 0 Å². The molecule has 0 saturated heterocycles. The minimum atomic E-state index is -0.142. The van der Waals surface area contributed by atoms with E-state index in [4.69, 9.17) is 0 Å². The van der Waals surface area contributed by atoms with Crippen molar-refractivity contribution in [1.82, 2.24) is 9.55 Å². The molecule has 1 amide bonds. The van der Waals surface area contributed by atoms with Crippen molar-refractivity contribution in [2.75, 3.05) is 11.1 Å². The number of amides is 1. The molecule has 0 fully saturated rings. The second-order valence-corrected chi connectivity index (χ2v) is 8.10. The van der Waals surface area contributed by atoms with E-state index >= 15 is 0 Å². The van der Waals surface area contributed by atoms with Gasteiger partial charge in [-0.2, -0.15) is 0 Å². The molecule has 0 atom stereocenters. The summed E-state index contributed by atoms with van der Waals surface area (Å²) in [6.45, 7) is 6.01. The van der Waals surface area contributed by atoms with Gasteiger partial charge in [0.05, 0.1) is 16.7 Å². The van der Waals surface area contributed by atoms with Gasteiger partial charge in [0, 0.05) is 15.8 Å². The molecule has 1 heterocycles. The van der Waals surface area contributed by atoms with Crippen LogP contribution in [0.25, 0.3) is 10.9 Å². The van der Waals surface area contributed by atoms with Crippen LogP contribution in [0, 0.1) is 10.5 Å². The normalized spacial score (nSPS) is 10.7. The third-order valence-corrected chi connectivity index (χ3v) is 5.58. The molecule has 0 saturated carbocycles. The zero-order valence-electron chi connectivity index (χ0n) is 14.7. The van der Waals surface area contributed by atoms with Crippen LogP contribution >= 0.6 is 34.4 Å². The van der Waals surface area contributed by atoms with E-state index in [1.807, 2.05) is 37.3 Å². The van der Waals surface area contributed by atoms with Crippen molar-refractivity contribution in [2.24, 2.45) is 0 Å². The van der Waals surface area contributed by atoms with Gasteiger partial charge >= 0.3 is 0 Å². The maximum Gasteiger partial charge on any atom is 0.262 e. The van der Waals surface area contributed by atoms with Crippen LogP contribution in [-0.2, 0) is 11.3 Å². The van der Waals surface area contributed by atoms with E-state index in [9.17, 15) is 9.59 Å². The van der Waals surface area contributed by atoms with Crippen LogP contribution in [0.4, 0.5) is 5.69 Å². The molecule has 138 valence electrons. The number of benzene rings is 2. The average Bonchev–Trinajstić information content (AvgIpc) is 2.65. The molecule has 0 aliphatic rings. The molecule has 0 spiro atoms. The van der Waals surface area contributed by atoms with Gasteiger partial charge in [0.2, 0.25) is 5.91 Å². The summed E-state index contributed by atoms with van der Waals surface area (Å²) < 4.78 is 2.66. The lowest BCUT2D eigenvalue weighted by Gasteiger charge is -2.12. The van der Waals surface area contributed by atoms with Gasteiger partial charge in [-0.15, -0.1) is 6.58 Å². The van der Waals surface area contributed by atoms with Crippen LogP contribution in [0.15, 0.2) is 65.1 Å². The fourth-order valence-corrected chi connectivity index (χ4v) is 4.09. The second kappa shape index (κ2) is 8.71. The predicted molar refractivity (Wildman–Crippen MR) is 119 cm³/mol. The highest BCUT2D eigenvalue weighted by molar-refractivity contribution is 14.1. The Morgan fingerprint density at radius 1 is 1.33 bits per heavy atom. The number of hydrogen-bond donors (Lipinski definition) is 1. The van der Waals surface area contributed by atoms with E-state index in [2.05, 4.69) is 39.5 Å². The molecule has 7 heteroatoms.